The molecule has 0 fully saturated rings. The Morgan fingerprint density at radius 2 is 1.84 bits per heavy atom. The standard InChI is InChI=1S/C18H18ClF3N2O/c1-12(7-8-13-5-3-2-4-6-13)23-17(25)24-16-11-14(18(20,21)22)9-10-15(16)19/h2-6,9-12H,7-8H2,1H3,(H2,23,24,25)/t12-/m1/s1. The Kier molecular flexibility index (Phi) is 6.31. The first-order valence-electron chi connectivity index (χ1n) is 7.74. The number of aryl methyl sites for hydroxylation is 1. The fraction of sp³-hybridized carbons (Fsp3) is 0.278. The Balaban J connectivity index is 1.91. The molecule has 0 aromatic heterocycles. The molecule has 3 nitrogen and oxygen atoms in total. The lowest BCUT2D eigenvalue weighted by Gasteiger charge is -2.16. The quantitative estimate of drug-likeness (QED) is 0.716. The van der Waals surface area contributed by atoms with Gasteiger partial charge in [0.25, 0.3) is 0 Å². The first-order valence-corrected chi connectivity index (χ1v) is 8.11. The molecule has 2 N–H and O–H groups in total. The number of nitrogens with one attached hydrogen (secondary N) is 2. The van der Waals surface area contributed by atoms with Crippen molar-refractivity contribution in [2.75, 3.05) is 5.32 Å². The van der Waals surface area contributed by atoms with Crippen molar-refractivity contribution in [2.45, 2.75) is 32.0 Å². The minimum absolute atomic E-state index is 0.0417. The topological polar surface area (TPSA) is 41.1 Å². The van der Waals surface area contributed by atoms with Gasteiger partial charge in [-0.2, -0.15) is 13.2 Å². The second kappa shape index (κ2) is 8.25. The van der Waals surface area contributed by atoms with Crippen LogP contribution in [-0.4, -0.2) is 12.1 Å². The highest BCUT2D eigenvalue weighted by Gasteiger charge is 2.31. The number of anilines is 1. The zero-order valence-electron chi connectivity index (χ0n) is 13.5. The summed E-state index contributed by atoms with van der Waals surface area (Å²) in [5.41, 5.74) is 0.200. The Bertz CT molecular complexity index is 720. The van der Waals surface area contributed by atoms with Crippen molar-refractivity contribution < 1.29 is 18.0 Å². The summed E-state index contributed by atoms with van der Waals surface area (Å²) in [5, 5.41) is 5.11. The van der Waals surface area contributed by atoms with Gasteiger partial charge in [0.05, 0.1) is 16.3 Å². The van der Waals surface area contributed by atoms with E-state index in [-0.39, 0.29) is 16.8 Å². The molecule has 2 aromatic carbocycles. The van der Waals surface area contributed by atoms with Gasteiger partial charge in [0.1, 0.15) is 0 Å². The van der Waals surface area contributed by atoms with Crippen LogP contribution < -0.4 is 10.6 Å². The van der Waals surface area contributed by atoms with Gasteiger partial charge in [0.15, 0.2) is 0 Å². The third-order valence-electron chi connectivity index (χ3n) is 3.63. The summed E-state index contributed by atoms with van der Waals surface area (Å²) in [6, 6.07) is 11.8. The van der Waals surface area contributed by atoms with E-state index in [4.69, 9.17) is 11.6 Å². The molecule has 0 aliphatic carbocycles. The van der Waals surface area contributed by atoms with Gasteiger partial charge in [0.2, 0.25) is 0 Å². The minimum Gasteiger partial charge on any atom is -0.335 e. The van der Waals surface area contributed by atoms with Gasteiger partial charge >= 0.3 is 12.2 Å². The third kappa shape index (κ3) is 5.98. The summed E-state index contributed by atoms with van der Waals surface area (Å²) in [6.45, 7) is 1.83. The number of alkyl halides is 3. The van der Waals surface area contributed by atoms with Crippen molar-refractivity contribution >= 4 is 23.3 Å². The number of carbonyl (C=O) groups is 1. The van der Waals surface area contributed by atoms with Crippen molar-refractivity contribution in [3.05, 3.63) is 64.7 Å². The molecule has 134 valence electrons. The number of rotatable bonds is 5. The molecule has 0 saturated carbocycles. The van der Waals surface area contributed by atoms with Crippen molar-refractivity contribution in [2.24, 2.45) is 0 Å². The van der Waals surface area contributed by atoms with E-state index in [1.54, 1.807) is 0 Å². The third-order valence-corrected chi connectivity index (χ3v) is 3.96. The van der Waals surface area contributed by atoms with E-state index >= 15 is 0 Å². The maximum Gasteiger partial charge on any atom is 0.416 e. The molecule has 0 saturated heterocycles. The smallest absolute Gasteiger partial charge is 0.335 e. The molecule has 0 radical (unpaired) electrons. The van der Waals surface area contributed by atoms with Gasteiger partial charge in [-0.3, -0.25) is 0 Å². The summed E-state index contributed by atoms with van der Waals surface area (Å²) in [5.74, 6) is 0. The first kappa shape index (κ1) is 19.1. The highest BCUT2D eigenvalue weighted by Crippen LogP contribution is 2.33. The molecule has 0 heterocycles. The van der Waals surface area contributed by atoms with E-state index in [2.05, 4.69) is 10.6 Å². The maximum atomic E-state index is 12.7. The molecule has 2 aromatic rings. The molecule has 25 heavy (non-hydrogen) atoms. The van der Waals surface area contributed by atoms with Crippen LogP contribution in [0.2, 0.25) is 5.02 Å². The monoisotopic (exact) mass is 370 g/mol. The molecule has 2 amide bonds. The number of halogens is 4. The SMILES string of the molecule is C[C@H](CCc1ccccc1)NC(=O)Nc1cc(C(F)(F)F)ccc1Cl. The molecule has 0 unspecified atom stereocenters. The molecule has 0 aliphatic rings. The summed E-state index contributed by atoms with van der Waals surface area (Å²) >= 11 is 5.86. The maximum absolute atomic E-state index is 12.7. The van der Waals surface area contributed by atoms with Crippen LogP contribution in [0.4, 0.5) is 23.7 Å². The van der Waals surface area contributed by atoms with Crippen molar-refractivity contribution in [3.63, 3.8) is 0 Å². The second-order valence-corrected chi connectivity index (χ2v) is 6.12. The lowest BCUT2D eigenvalue weighted by Crippen LogP contribution is -2.36. The number of hydrogen-bond acceptors (Lipinski definition) is 1. The minimum atomic E-state index is -4.50. The number of carbonyl (C=O) groups excluding carboxylic acids is 1. The fourth-order valence-corrected chi connectivity index (χ4v) is 2.44. The zero-order valence-corrected chi connectivity index (χ0v) is 14.3. The number of urea groups is 1. The lowest BCUT2D eigenvalue weighted by molar-refractivity contribution is -0.137. The molecule has 0 spiro atoms. The van der Waals surface area contributed by atoms with E-state index in [9.17, 15) is 18.0 Å². The van der Waals surface area contributed by atoms with E-state index in [0.717, 1.165) is 30.2 Å². The van der Waals surface area contributed by atoms with Crippen LogP contribution in [0.25, 0.3) is 0 Å². The predicted molar refractivity (Wildman–Crippen MR) is 92.8 cm³/mol. The van der Waals surface area contributed by atoms with Crippen LogP contribution in [0.15, 0.2) is 48.5 Å². The van der Waals surface area contributed by atoms with Gasteiger partial charge in [-0.05, 0) is 43.5 Å². The average Bonchev–Trinajstić information content (AvgIpc) is 2.55. The van der Waals surface area contributed by atoms with E-state index in [1.807, 2.05) is 37.3 Å². The number of benzene rings is 2. The normalized spacial score (nSPS) is 12.5. The molecule has 0 bridgehead atoms. The highest BCUT2D eigenvalue weighted by atomic mass is 35.5. The van der Waals surface area contributed by atoms with Gasteiger partial charge in [-0.1, -0.05) is 41.9 Å². The van der Waals surface area contributed by atoms with Crippen molar-refractivity contribution in [1.29, 1.82) is 0 Å². The molecule has 2 rings (SSSR count). The summed E-state index contributed by atoms with van der Waals surface area (Å²) in [4.78, 5) is 12.0. The largest absolute Gasteiger partial charge is 0.416 e. The second-order valence-electron chi connectivity index (χ2n) is 5.72. The van der Waals surface area contributed by atoms with Gasteiger partial charge in [-0.25, -0.2) is 4.79 Å². The number of amides is 2. The summed E-state index contributed by atoms with van der Waals surface area (Å²) in [6.07, 6.45) is -3.01. The first-order chi connectivity index (χ1) is 11.8. The summed E-state index contributed by atoms with van der Waals surface area (Å²) in [7, 11) is 0. The van der Waals surface area contributed by atoms with Crippen LogP contribution in [-0.2, 0) is 12.6 Å². The van der Waals surface area contributed by atoms with Crippen LogP contribution >= 0.6 is 11.6 Å². The molecular formula is C18H18ClF3N2O. The van der Waals surface area contributed by atoms with E-state index < -0.39 is 17.8 Å². The van der Waals surface area contributed by atoms with Crippen LogP contribution in [0.3, 0.4) is 0 Å². The lowest BCUT2D eigenvalue weighted by atomic mass is 10.1. The van der Waals surface area contributed by atoms with Crippen molar-refractivity contribution in [3.8, 4) is 0 Å². The Morgan fingerprint density at radius 3 is 2.48 bits per heavy atom. The molecular weight excluding hydrogens is 353 g/mol. The molecule has 0 aliphatic heterocycles. The van der Waals surface area contributed by atoms with Crippen molar-refractivity contribution in [1.82, 2.24) is 5.32 Å². The highest BCUT2D eigenvalue weighted by molar-refractivity contribution is 6.33. The van der Waals surface area contributed by atoms with E-state index in [1.165, 1.54) is 0 Å². The van der Waals surface area contributed by atoms with Gasteiger partial charge < -0.3 is 10.6 Å². The molecule has 1 atom stereocenters. The summed E-state index contributed by atoms with van der Waals surface area (Å²) < 4.78 is 38.2. The number of hydrogen-bond donors (Lipinski definition) is 2. The Morgan fingerprint density at radius 1 is 1.16 bits per heavy atom. The Labute approximate surface area is 149 Å². The Hall–Kier alpha value is -2.21. The fourth-order valence-electron chi connectivity index (χ4n) is 2.28. The predicted octanol–water partition coefficient (Wildman–Crippen LogP) is 5.50. The van der Waals surface area contributed by atoms with Crippen LogP contribution in [0.1, 0.15) is 24.5 Å². The van der Waals surface area contributed by atoms with E-state index in [0.29, 0.717) is 6.42 Å². The average molecular weight is 371 g/mol. The van der Waals surface area contributed by atoms with Gasteiger partial charge in [-0.15, -0.1) is 0 Å². The van der Waals surface area contributed by atoms with Crippen LogP contribution in [0, 0.1) is 0 Å². The van der Waals surface area contributed by atoms with Gasteiger partial charge in [0, 0.05) is 6.04 Å². The van der Waals surface area contributed by atoms with Crippen LogP contribution in [0.5, 0.6) is 0 Å². The molecule has 7 heteroatoms. The zero-order chi connectivity index (χ0) is 18.4.